The molecule has 1 aromatic heterocycles. The van der Waals surface area contributed by atoms with Crippen molar-refractivity contribution in [2.45, 2.75) is 13.5 Å². The molecule has 6 heteroatoms. The molecule has 0 fully saturated rings. The van der Waals surface area contributed by atoms with Crippen LogP contribution in [0.3, 0.4) is 0 Å². The number of benzene rings is 3. The van der Waals surface area contributed by atoms with Crippen LogP contribution in [0.2, 0.25) is 0 Å². The van der Waals surface area contributed by atoms with Gasteiger partial charge >= 0.3 is 0 Å². The van der Waals surface area contributed by atoms with E-state index < -0.39 is 0 Å². The van der Waals surface area contributed by atoms with Gasteiger partial charge in [-0.3, -0.25) is 4.79 Å². The van der Waals surface area contributed by atoms with Gasteiger partial charge in [0.05, 0.1) is 37.6 Å². The molecule has 0 spiro atoms. The lowest BCUT2D eigenvalue weighted by Gasteiger charge is -2.12. The van der Waals surface area contributed by atoms with Crippen LogP contribution in [-0.2, 0) is 6.54 Å². The number of aromatic nitrogens is 1. The first-order valence-electron chi connectivity index (χ1n) is 10.7. The first-order chi connectivity index (χ1) is 16.1. The van der Waals surface area contributed by atoms with Crippen LogP contribution in [0.15, 0.2) is 72.8 Å². The summed E-state index contributed by atoms with van der Waals surface area (Å²) in [7, 11) is 3.20. The van der Waals surface area contributed by atoms with E-state index in [0.29, 0.717) is 30.2 Å². The standard InChI is InChI=1S/C27H26N2O4/c1-4-33-20-11-9-19(10-12-20)26-16-24(23-7-5-6-8-25(23)29-26)27(30)28-17-18-13-21(31-2)15-22(14-18)32-3/h5-16H,4,17H2,1-3H3,(H,28,30). The molecule has 0 aliphatic carbocycles. The third-order valence-electron chi connectivity index (χ3n) is 5.29. The molecule has 0 radical (unpaired) electrons. The van der Waals surface area contributed by atoms with E-state index in [-0.39, 0.29) is 5.91 Å². The van der Waals surface area contributed by atoms with Crippen molar-refractivity contribution in [3.8, 4) is 28.5 Å². The van der Waals surface area contributed by atoms with Gasteiger partial charge in [-0.2, -0.15) is 0 Å². The van der Waals surface area contributed by atoms with Crippen LogP contribution >= 0.6 is 0 Å². The van der Waals surface area contributed by atoms with Crippen molar-refractivity contribution in [3.63, 3.8) is 0 Å². The lowest BCUT2D eigenvalue weighted by atomic mass is 10.0. The topological polar surface area (TPSA) is 69.7 Å². The lowest BCUT2D eigenvalue weighted by molar-refractivity contribution is 0.0952. The minimum absolute atomic E-state index is 0.178. The molecule has 168 valence electrons. The number of amides is 1. The van der Waals surface area contributed by atoms with Crippen molar-refractivity contribution in [2.75, 3.05) is 20.8 Å². The number of methoxy groups -OCH3 is 2. The Balaban J connectivity index is 1.64. The van der Waals surface area contributed by atoms with Crippen LogP contribution in [0.5, 0.6) is 17.2 Å². The minimum Gasteiger partial charge on any atom is -0.497 e. The number of carbonyl (C=O) groups excluding carboxylic acids is 1. The second-order valence-corrected chi connectivity index (χ2v) is 7.43. The summed E-state index contributed by atoms with van der Waals surface area (Å²) >= 11 is 0. The molecule has 0 aliphatic rings. The van der Waals surface area contributed by atoms with Crippen molar-refractivity contribution < 1.29 is 19.0 Å². The maximum absolute atomic E-state index is 13.2. The smallest absolute Gasteiger partial charge is 0.252 e. The molecule has 0 saturated carbocycles. The van der Waals surface area contributed by atoms with Gasteiger partial charge in [0.2, 0.25) is 0 Å². The zero-order valence-electron chi connectivity index (χ0n) is 18.9. The monoisotopic (exact) mass is 442 g/mol. The molecular weight excluding hydrogens is 416 g/mol. The zero-order valence-corrected chi connectivity index (χ0v) is 18.9. The quantitative estimate of drug-likeness (QED) is 0.404. The van der Waals surface area contributed by atoms with E-state index in [1.165, 1.54) is 0 Å². The summed E-state index contributed by atoms with van der Waals surface area (Å²) in [5.74, 6) is 1.97. The minimum atomic E-state index is -0.178. The van der Waals surface area contributed by atoms with Crippen LogP contribution in [0.25, 0.3) is 22.2 Å². The largest absolute Gasteiger partial charge is 0.497 e. The number of nitrogens with one attached hydrogen (secondary N) is 1. The van der Waals surface area contributed by atoms with Gasteiger partial charge in [-0.25, -0.2) is 4.98 Å². The van der Waals surface area contributed by atoms with Gasteiger partial charge in [0.25, 0.3) is 5.91 Å². The molecule has 4 rings (SSSR count). The van der Waals surface area contributed by atoms with E-state index in [1.807, 2.05) is 73.7 Å². The van der Waals surface area contributed by atoms with Gasteiger partial charge in [0, 0.05) is 23.6 Å². The van der Waals surface area contributed by atoms with Crippen molar-refractivity contribution in [1.29, 1.82) is 0 Å². The number of carbonyl (C=O) groups is 1. The summed E-state index contributed by atoms with van der Waals surface area (Å²) in [6.07, 6.45) is 0. The van der Waals surface area contributed by atoms with E-state index in [0.717, 1.165) is 33.5 Å². The van der Waals surface area contributed by atoms with Gasteiger partial charge in [-0.15, -0.1) is 0 Å². The number of nitrogens with zero attached hydrogens (tertiary/aromatic N) is 1. The summed E-state index contributed by atoms with van der Waals surface area (Å²) in [6.45, 7) is 2.89. The van der Waals surface area contributed by atoms with Gasteiger partial charge in [-0.1, -0.05) is 18.2 Å². The summed E-state index contributed by atoms with van der Waals surface area (Å²) in [4.78, 5) is 18.0. The fraction of sp³-hybridized carbons (Fsp3) is 0.185. The van der Waals surface area contributed by atoms with E-state index in [1.54, 1.807) is 20.3 Å². The van der Waals surface area contributed by atoms with Crippen molar-refractivity contribution in [3.05, 3.63) is 83.9 Å². The Morgan fingerprint density at radius 3 is 2.24 bits per heavy atom. The summed E-state index contributed by atoms with van der Waals surface area (Å²) in [6, 6.07) is 22.7. The molecule has 1 N–H and O–H groups in total. The molecule has 0 saturated heterocycles. The van der Waals surface area contributed by atoms with Crippen LogP contribution in [-0.4, -0.2) is 31.7 Å². The molecule has 1 heterocycles. The van der Waals surface area contributed by atoms with Gasteiger partial charge < -0.3 is 19.5 Å². The average molecular weight is 443 g/mol. The molecule has 4 aromatic rings. The van der Waals surface area contributed by atoms with Crippen LogP contribution < -0.4 is 19.5 Å². The average Bonchev–Trinajstić information content (AvgIpc) is 2.87. The Morgan fingerprint density at radius 2 is 1.58 bits per heavy atom. The Labute approximate surface area is 193 Å². The first kappa shape index (κ1) is 22.1. The second-order valence-electron chi connectivity index (χ2n) is 7.43. The molecular formula is C27H26N2O4. The fourth-order valence-electron chi connectivity index (χ4n) is 3.65. The maximum Gasteiger partial charge on any atom is 0.252 e. The Morgan fingerprint density at radius 1 is 0.879 bits per heavy atom. The number of pyridine rings is 1. The van der Waals surface area contributed by atoms with Crippen LogP contribution in [0, 0.1) is 0 Å². The number of ether oxygens (including phenoxy) is 3. The highest BCUT2D eigenvalue weighted by Crippen LogP contribution is 2.27. The molecule has 6 nitrogen and oxygen atoms in total. The molecule has 33 heavy (non-hydrogen) atoms. The van der Waals surface area contributed by atoms with Crippen molar-refractivity contribution in [2.24, 2.45) is 0 Å². The number of hydrogen-bond donors (Lipinski definition) is 1. The van der Waals surface area contributed by atoms with Gasteiger partial charge in [0.15, 0.2) is 0 Å². The molecule has 0 aliphatic heterocycles. The van der Waals surface area contributed by atoms with E-state index in [2.05, 4.69) is 5.32 Å². The first-order valence-corrected chi connectivity index (χ1v) is 10.7. The molecule has 1 amide bonds. The van der Waals surface area contributed by atoms with E-state index >= 15 is 0 Å². The summed E-state index contributed by atoms with van der Waals surface area (Å²) < 4.78 is 16.2. The molecule has 3 aromatic carbocycles. The van der Waals surface area contributed by atoms with Crippen molar-refractivity contribution in [1.82, 2.24) is 10.3 Å². The third-order valence-corrected chi connectivity index (χ3v) is 5.29. The predicted molar refractivity (Wildman–Crippen MR) is 129 cm³/mol. The highest BCUT2D eigenvalue weighted by atomic mass is 16.5. The zero-order chi connectivity index (χ0) is 23.2. The highest BCUT2D eigenvalue weighted by Gasteiger charge is 2.14. The van der Waals surface area contributed by atoms with E-state index in [4.69, 9.17) is 19.2 Å². The summed E-state index contributed by atoms with van der Waals surface area (Å²) in [5.41, 5.74) is 3.85. The Bertz CT molecular complexity index is 1250. The maximum atomic E-state index is 13.2. The Hall–Kier alpha value is -4.06. The number of para-hydroxylation sites is 1. The number of fused-ring (bicyclic) bond motifs is 1. The summed E-state index contributed by atoms with van der Waals surface area (Å²) in [5, 5.41) is 3.82. The third kappa shape index (κ3) is 5.06. The lowest BCUT2D eigenvalue weighted by Crippen LogP contribution is -2.23. The van der Waals surface area contributed by atoms with Gasteiger partial charge in [-0.05, 0) is 61.0 Å². The van der Waals surface area contributed by atoms with Crippen molar-refractivity contribution >= 4 is 16.8 Å². The Kier molecular flexibility index (Phi) is 6.74. The van der Waals surface area contributed by atoms with Crippen LogP contribution in [0.4, 0.5) is 0 Å². The molecule has 0 bridgehead atoms. The van der Waals surface area contributed by atoms with Gasteiger partial charge in [0.1, 0.15) is 17.2 Å². The normalized spacial score (nSPS) is 10.6. The molecule has 0 atom stereocenters. The fourth-order valence-corrected chi connectivity index (χ4v) is 3.65. The molecule has 0 unspecified atom stereocenters. The van der Waals surface area contributed by atoms with Crippen LogP contribution in [0.1, 0.15) is 22.8 Å². The predicted octanol–water partition coefficient (Wildman–Crippen LogP) is 5.25. The second kappa shape index (κ2) is 10.0. The van der Waals surface area contributed by atoms with E-state index in [9.17, 15) is 4.79 Å². The number of hydrogen-bond acceptors (Lipinski definition) is 5. The number of rotatable bonds is 8. The SMILES string of the molecule is CCOc1ccc(-c2cc(C(=O)NCc3cc(OC)cc(OC)c3)c3ccccc3n2)cc1. The highest BCUT2D eigenvalue weighted by molar-refractivity contribution is 6.07.